The predicted molar refractivity (Wildman–Crippen MR) is 49.8 cm³/mol. The second-order valence-corrected chi connectivity index (χ2v) is 2.95. The maximum absolute atomic E-state index is 10.7. The maximum Gasteiger partial charge on any atom is 0.358 e. The highest BCUT2D eigenvalue weighted by Crippen LogP contribution is 2.11. The number of hydrogen-bond donors (Lipinski definition) is 3. The molecule has 6 nitrogen and oxygen atoms in total. The lowest BCUT2D eigenvalue weighted by Gasteiger charge is -1.95. The van der Waals surface area contributed by atoms with Crippen molar-refractivity contribution >= 4 is 28.1 Å². The number of carboxylic acid groups (broad SMARTS) is 1. The average Bonchev–Trinajstić information content (AvgIpc) is 2.46. The van der Waals surface area contributed by atoms with E-state index >= 15 is 0 Å². The highest BCUT2D eigenvalue weighted by molar-refractivity contribution is 7.13. The fraction of sp³-hybridized carbons (Fsp3) is 0.167. The number of anilines is 1. The first-order valence-electron chi connectivity index (χ1n) is 3.34. The second kappa shape index (κ2) is 3.85. The van der Waals surface area contributed by atoms with Gasteiger partial charge in [0, 0.05) is 12.4 Å². The predicted octanol–water partition coefficient (Wildman–Crippen LogP) is -0.267. The number of hydrogen-bond acceptors (Lipinski definition) is 6. The van der Waals surface area contributed by atoms with Crippen molar-refractivity contribution in [2.75, 3.05) is 12.8 Å². The number of aromatic nitrogens is 1. The van der Waals surface area contributed by atoms with Crippen molar-refractivity contribution in [3.05, 3.63) is 11.1 Å². The number of nitrogens with one attached hydrogen (secondary N) is 1. The summed E-state index contributed by atoms with van der Waals surface area (Å²) in [5, 5.41) is 14.1. The van der Waals surface area contributed by atoms with Gasteiger partial charge >= 0.3 is 5.97 Å². The lowest BCUT2D eigenvalue weighted by Crippen LogP contribution is -2.18. The minimum Gasteiger partial charge on any atom is -0.476 e. The van der Waals surface area contributed by atoms with Crippen LogP contribution in [0.1, 0.15) is 5.69 Å². The molecule has 0 saturated heterocycles. The van der Waals surface area contributed by atoms with Crippen LogP contribution in [0.15, 0.2) is 10.5 Å². The third-order valence-electron chi connectivity index (χ3n) is 1.19. The van der Waals surface area contributed by atoms with Gasteiger partial charge in [0.15, 0.2) is 10.8 Å². The number of nitrogens with zero attached hydrogens (tertiary/aromatic N) is 2. The Balaban J connectivity index is 3.02. The fourth-order valence-corrected chi connectivity index (χ4v) is 1.27. The first kappa shape index (κ1) is 9.46. The Kier molecular flexibility index (Phi) is 2.80. The Labute approximate surface area is 78.1 Å². The molecule has 4 N–H and O–H groups in total. The number of carboxylic acids is 1. The summed E-state index contributed by atoms with van der Waals surface area (Å²) in [6, 6.07) is 0. The van der Waals surface area contributed by atoms with Gasteiger partial charge in [-0.25, -0.2) is 9.78 Å². The van der Waals surface area contributed by atoms with Gasteiger partial charge in [-0.1, -0.05) is 0 Å². The molecule has 1 aromatic rings. The van der Waals surface area contributed by atoms with E-state index in [1.165, 1.54) is 18.4 Å². The van der Waals surface area contributed by atoms with Crippen LogP contribution in [0.25, 0.3) is 0 Å². The van der Waals surface area contributed by atoms with Crippen LogP contribution in [0.5, 0.6) is 0 Å². The van der Waals surface area contributed by atoms with Gasteiger partial charge in [0.2, 0.25) is 0 Å². The van der Waals surface area contributed by atoms with E-state index in [1.807, 2.05) is 0 Å². The van der Waals surface area contributed by atoms with E-state index in [0.29, 0.717) is 5.13 Å². The summed E-state index contributed by atoms with van der Waals surface area (Å²) in [5.74, 6) is -1.14. The van der Waals surface area contributed by atoms with Crippen molar-refractivity contribution in [3.63, 3.8) is 0 Å². The molecule has 0 aliphatic heterocycles. The number of rotatable bonds is 3. The molecule has 1 aromatic heterocycles. The molecule has 0 bridgehead atoms. The Hall–Kier alpha value is -1.63. The minimum atomic E-state index is -1.14. The van der Waals surface area contributed by atoms with Gasteiger partial charge in [-0.3, -0.25) is 0 Å². The quantitative estimate of drug-likeness (QED) is 0.460. The monoisotopic (exact) mass is 200 g/mol. The van der Waals surface area contributed by atoms with Crippen LogP contribution >= 0.6 is 11.3 Å². The molecule has 0 aliphatic rings. The average molecular weight is 200 g/mol. The smallest absolute Gasteiger partial charge is 0.358 e. The number of nitrogen functional groups attached to an aromatic ring is 1. The van der Waals surface area contributed by atoms with Crippen LogP contribution in [0, 0.1) is 0 Å². The molecule has 0 fully saturated rings. The van der Waals surface area contributed by atoms with E-state index < -0.39 is 5.97 Å². The van der Waals surface area contributed by atoms with E-state index in [-0.39, 0.29) is 11.4 Å². The van der Waals surface area contributed by atoms with Gasteiger partial charge in [0.1, 0.15) is 5.69 Å². The van der Waals surface area contributed by atoms with Gasteiger partial charge in [0.05, 0.1) is 0 Å². The van der Waals surface area contributed by atoms with Gasteiger partial charge in [0.25, 0.3) is 0 Å². The van der Waals surface area contributed by atoms with Crippen LogP contribution in [-0.2, 0) is 4.79 Å². The summed E-state index contributed by atoms with van der Waals surface area (Å²) in [4.78, 5) is 14.4. The number of nitrogens with two attached hydrogens (primary N) is 1. The Morgan fingerprint density at radius 1 is 1.85 bits per heavy atom. The summed E-state index contributed by atoms with van der Waals surface area (Å²) in [5.41, 5.74) is 7.86. The molecule has 13 heavy (non-hydrogen) atoms. The Bertz CT molecular complexity index is 346. The van der Waals surface area contributed by atoms with Gasteiger partial charge < -0.3 is 16.3 Å². The van der Waals surface area contributed by atoms with Crippen molar-refractivity contribution in [1.82, 2.24) is 10.4 Å². The maximum atomic E-state index is 10.7. The van der Waals surface area contributed by atoms with Crippen LogP contribution in [0.4, 0.5) is 5.13 Å². The molecular formula is C6H8N4O2S. The zero-order valence-corrected chi connectivity index (χ0v) is 7.63. The van der Waals surface area contributed by atoms with E-state index in [0.717, 1.165) is 0 Å². The molecule has 0 spiro atoms. The molecule has 7 heteroatoms. The third-order valence-corrected chi connectivity index (χ3v) is 1.86. The first-order chi connectivity index (χ1) is 6.15. The molecule has 0 amide bonds. The molecule has 0 unspecified atom stereocenters. The summed E-state index contributed by atoms with van der Waals surface area (Å²) >= 11 is 1.17. The highest BCUT2D eigenvalue weighted by atomic mass is 32.1. The lowest BCUT2D eigenvalue weighted by atomic mass is 10.3. The van der Waals surface area contributed by atoms with Crippen molar-refractivity contribution in [1.29, 1.82) is 0 Å². The molecule has 70 valence electrons. The molecule has 0 saturated carbocycles. The van der Waals surface area contributed by atoms with E-state index in [1.54, 1.807) is 5.38 Å². The SMILES string of the molecule is CN/N=C(\C(=O)O)c1csc(N)n1. The Morgan fingerprint density at radius 3 is 2.92 bits per heavy atom. The normalized spacial score (nSPS) is 11.3. The van der Waals surface area contributed by atoms with E-state index in [9.17, 15) is 4.79 Å². The second-order valence-electron chi connectivity index (χ2n) is 2.06. The molecule has 0 aromatic carbocycles. The van der Waals surface area contributed by atoms with Gasteiger partial charge in [-0.15, -0.1) is 11.3 Å². The molecule has 1 rings (SSSR count). The minimum absolute atomic E-state index is 0.143. The summed E-state index contributed by atoms with van der Waals surface area (Å²) in [6.45, 7) is 0. The fourth-order valence-electron chi connectivity index (χ4n) is 0.723. The summed E-state index contributed by atoms with van der Waals surface area (Å²) in [6.07, 6.45) is 0. The van der Waals surface area contributed by atoms with Gasteiger partial charge in [-0.2, -0.15) is 5.10 Å². The number of thiazole rings is 1. The van der Waals surface area contributed by atoms with Crippen molar-refractivity contribution in [2.24, 2.45) is 5.10 Å². The molecule has 0 atom stereocenters. The largest absolute Gasteiger partial charge is 0.476 e. The van der Waals surface area contributed by atoms with Crippen LogP contribution in [0.3, 0.4) is 0 Å². The number of carbonyl (C=O) groups is 1. The number of aliphatic carboxylic acids is 1. The lowest BCUT2D eigenvalue weighted by molar-refractivity contribution is -0.129. The molecule has 0 aliphatic carbocycles. The van der Waals surface area contributed by atoms with E-state index in [4.69, 9.17) is 10.8 Å². The zero-order chi connectivity index (χ0) is 9.84. The van der Waals surface area contributed by atoms with Crippen LogP contribution < -0.4 is 11.2 Å². The van der Waals surface area contributed by atoms with Crippen molar-refractivity contribution < 1.29 is 9.90 Å². The zero-order valence-electron chi connectivity index (χ0n) is 6.81. The highest BCUT2D eigenvalue weighted by Gasteiger charge is 2.15. The van der Waals surface area contributed by atoms with Crippen LogP contribution in [0.2, 0.25) is 0 Å². The summed E-state index contributed by atoms with van der Waals surface area (Å²) < 4.78 is 0. The van der Waals surface area contributed by atoms with Crippen LogP contribution in [-0.4, -0.2) is 28.8 Å². The summed E-state index contributed by atoms with van der Waals surface area (Å²) in [7, 11) is 1.51. The van der Waals surface area contributed by atoms with Crippen molar-refractivity contribution in [3.8, 4) is 0 Å². The molecule has 0 radical (unpaired) electrons. The van der Waals surface area contributed by atoms with Crippen molar-refractivity contribution in [2.45, 2.75) is 0 Å². The third kappa shape index (κ3) is 2.15. The van der Waals surface area contributed by atoms with Gasteiger partial charge in [-0.05, 0) is 0 Å². The standard InChI is InChI=1S/C6H8N4O2S/c1-8-10-4(5(11)12)3-2-13-6(7)9-3/h2,8H,1H3,(H2,7,9)(H,11,12)/b10-4-. The topological polar surface area (TPSA) is 101 Å². The number of hydrazone groups is 1. The molecular weight excluding hydrogens is 192 g/mol. The first-order valence-corrected chi connectivity index (χ1v) is 4.22. The molecule has 1 heterocycles. The van der Waals surface area contributed by atoms with E-state index in [2.05, 4.69) is 15.5 Å². The Morgan fingerprint density at radius 2 is 2.54 bits per heavy atom.